The Labute approximate surface area is 158 Å². The van der Waals surface area contributed by atoms with Crippen LogP contribution in [0.2, 0.25) is 5.02 Å². The van der Waals surface area contributed by atoms with Crippen molar-refractivity contribution in [2.24, 2.45) is 0 Å². The number of esters is 1. The highest BCUT2D eigenvalue weighted by atomic mass is 127. The average molecular weight is 491 g/mol. The number of fused-ring (bicyclic) bond motifs is 1. The van der Waals surface area contributed by atoms with Gasteiger partial charge < -0.3 is 9.84 Å². The highest BCUT2D eigenvalue weighted by Gasteiger charge is 2.62. The summed E-state index contributed by atoms with van der Waals surface area (Å²) in [6.07, 6.45) is -4.50. The first-order valence-corrected chi connectivity index (χ1v) is 8.29. The van der Waals surface area contributed by atoms with Gasteiger partial charge in [-0.2, -0.15) is 13.2 Å². The molecular weight excluding hydrogens is 480 g/mol. The van der Waals surface area contributed by atoms with Gasteiger partial charge in [-0.15, -0.1) is 0 Å². The number of carbonyl (C=O) groups is 2. The largest absolute Gasteiger partial charge is 0.464 e. The van der Waals surface area contributed by atoms with Gasteiger partial charge in [-0.1, -0.05) is 11.6 Å². The topological polar surface area (TPSA) is 80.9 Å². The van der Waals surface area contributed by atoms with Crippen LogP contribution in [0.25, 0.3) is 5.65 Å². The quantitative estimate of drug-likeness (QED) is 0.396. The molecule has 2 aromatic rings. The molecule has 0 fully saturated rings. The van der Waals surface area contributed by atoms with Gasteiger partial charge in [0.1, 0.15) is 5.69 Å². The first kappa shape index (κ1) is 19.9. The van der Waals surface area contributed by atoms with Crippen molar-refractivity contribution in [3.8, 4) is 0 Å². The molecule has 0 spiro atoms. The lowest BCUT2D eigenvalue weighted by Gasteiger charge is -2.27. The Kier molecular flexibility index (Phi) is 5.64. The van der Waals surface area contributed by atoms with Crippen molar-refractivity contribution in [2.75, 3.05) is 6.61 Å². The number of Topliss-reactive ketones (excluding diaryl/α,β-unsaturated/α-hetero) is 1. The fourth-order valence-electron chi connectivity index (χ4n) is 2.06. The molecule has 6 nitrogen and oxygen atoms in total. The van der Waals surface area contributed by atoms with Crippen molar-refractivity contribution < 1.29 is 32.6 Å². The fraction of sp³-hybridized carbons (Fsp3) is 0.357. The van der Waals surface area contributed by atoms with E-state index >= 15 is 0 Å². The highest BCUT2D eigenvalue weighted by Crippen LogP contribution is 2.35. The van der Waals surface area contributed by atoms with E-state index in [0.29, 0.717) is 8.59 Å². The zero-order valence-electron chi connectivity index (χ0n) is 12.6. The molecule has 2 aromatic heterocycles. The van der Waals surface area contributed by atoms with Gasteiger partial charge in [-0.3, -0.25) is 9.20 Å². The SMILES string of the molecule is CCOC(=O)C(O)(CC(=O)c1cnc2c(I)c(Cl)ccn12)C(F)(F)F. The summed E-state index contributed by atoms with van der Waals surface area (Å²) in [7, 11) is 0. The van der Waals surface area contributed by atoms with Crippen LogP contribution in [0.3, 0.4) is 0 Å². The number of halogens is 5. The van der Waals surface area contributed by atoms with E-state index in [9.17, 15) is 27.9 Å². The van der Waals surface area contributed by atoms with Crippen LogP contribution in [-0.4, -0.2) is 44.6 Å². The van der Waals surface area contributed by atoms with Crippen molar-refractivity contribution in [1.82, 2.24) is 9.38 Å². The number of imidazole rings is 1. The molecule has 0 aliphatic rings. The summed E-state index contributed by atoms with van der Waals surface area (Å²) in [5, 5.41) is 10.2. The van der Waals surface area contributed by atoms with Crippen molar-refractivity contribution in [1.29, 1.82) is 0 Å². The molecule has 0 aliphatic heterocycles. The van der Waals surface area contributed by atoms with E-state index in [-0.39, 0.29) is 17.9 Å². The molecule has 0 saturated carbocycles. The third-order valence-electron chi connectivity index (χ3n) is 3.36. The highest BCUT2D eigenvalue weighted by molar-refractivity contribution is 14.1. The lowest BCUT2D eigenvalue weighted by atomic mass is 9.95. The van der Waals surface area contributed by atoms with E-state index in [1.165, 1.54) is 23.6 Å². The summed E-state index contributed by atoms with van der Waals surface area (Å²) < 4.78 is 45.5. The number of pyridine rings is 1. The van der Waals surface area contributed by atoms with Gasteiger partial charge in [-0.05, 0) is 35.6 Å². The van der Waals surface area contributed by atoms with Gasteiger partial charge in [0.2, 0.25) is 0 Å². The number of aromatic nitrogens is 2. The molecule has 0 saturated heterocycles. The Hall–Kier alpha value is -1.40. The third-order valence-corrected chi connectivity index (χ3v) is 5.05. The van der Waals surface area contributed by atoms with E-state index in [4.69, 9.17) is 11.6 Å². The summed E-state index contributed by atoms with van der Waals surface area (Å²) in [4.78, 5) is 27.9. The van der Waals surface area contributed by atoms with Crippen LogP contribution in [0.5, 0.6) is 0 Å². The molecule has 2 heterocycles. The molecule has 0 radical (unpaired) electrons. The van der Waals surface area contributed by atoms with E-state index < -0.39 is 30.0 Å². The molecule has 136 valence electrons. The van der Waals surface area contributed by atoms with Gasteiger partial charge in [0.25, 0.3) is 5.60 Å². The molecule has 25 heavy (non-hydrogen) atoms. The molecular formula is C14H11ClF3IN2O4. The maximum atomic E-state index is 13.2. The second kappa shape index (κ2) is 7.08. The number of ether oxygens (including phenoxy) is 1. The molecule has 0 aliphatic carbocycles. The summed E-state index contributed by atoms with van der Waals surface area (Å²) >= 11 is 7.80. The summed E-state index contributed by atoms with van der Waals surface area (Å²) in [6, 6.07) is 1.44. The molecule has 1 N–H and O–H groups in total. The second-order valence-corrected chi connectivity index (χ2v) is 6.48. The van der Waals surface area contributed by atoms with Crippen LogP contribution in [-0.2, 0) is 9.53 Å². The van der Waals surface area contributed by atoms with Gasteiger partial charge >= 0.3 is 12.1 Å². The molecule has 0 bridgehead atoms. The predicted molar refractivity (Wildman–Crippen MR) is 89.5 cm³/mol. The summed E-state index contributed by atoms with van der Waals surface area (Å²) in [6.45, 7) is 0.907. The van der Waals surface area contributed by atoms with Gasteiger partial charge in [0, 0.05) is 6.20 Å². The van der Waals surface area contributed by atoms with Crippen molar-refractivity contribution in [2.45, 2.75) is 25.1 Å². The Bertz CT molecular complexity index is 839. The smallest absolute Gasteiger partial charge is 0.428 e. The predicted octanol–water partition coefficient (Wildman–Crippen LogP) is 3.02. The molecule has 0 aromatic carbocycles. The van der Waals surface area contributed by atoms with Crippen molar-refractivity contribution >= 4 is 51.6 Å². The number of alkyl halides is 3. The number of hydrogen-bond donors (Lipinski definition) is 1. The first-order valence-electron chi connectivity index (χ1n) is 6.83. The van der Waals surface area contributed by atoms with Crippen molar-refractivity contribution in [3.63, 3.8) is 0 Å². The minimum absolute atomic E-state index is 0.225. The van der Waals surface area contributed by atoms with Crippen LogP contribution in [0, 0.1) is 3.57 Å². The molecule has 1 atom stereocenters. The van der Waals surface area contributed by atoms with Crippen LogP contribution in [0.1, 0.15) is 23.8 Å². The zero-order valence-corrected chi connectivity index (χ0v) is 15.5. The van der Waals surface area contributed by atoms with Crippen LogP contribution < -0.4 is 0 Å². The monoisotopic (exact) mass is 490 g/mol. The van der Waals surface area contributed by atoms with E-state index in [1.807, 2.05) is 22.6 Å². The van der Waals surface area contributed by atoms with Gasteiger partial charge in [0.05, 0.1) is 27.8 Å². The fourth-order valence-corrected chi connectivity index (χ4v) is 2.78. The minimum Gasteiger partial charge on any atom is -0.464 e. The second-order valence-electron chi connectivity index (χ2n) is 4.99. The number of hydrogen-bond acceptors (Lipinski definition) is 5. The zero-order chi connectivity index (χ0) is 19.0. The Morgan fingerprint density at radius 2 is 2.08 bits per heavy atom. The molecule has 11 heteroatoms. The Morgan fingerprint density at radius 3 is 2.64 bits per heavy atom. The lowest BCUT2D eigenvalue weighted by molar-refractivity contribution is -0.261. The maximum absolute atomic E-state index is 13.2. The van der Waals surface area contributed by atoms with Crippen molar-refractivity contribution in [3.05, 3.63) is 32.7 Å². The Morgan fingerprint density at radius 1 is 1.44 bits per heavy atom. The van der Waals surface area contributed by atoms with E-state index in [0.717, 1.165) is 6.20 Å². The third kappa shape index (κ3) is 3.60. The van der Waals surface area contributed by atoms with Gasteiger partial charge in [-0.25, -0.2) is 9.78 Å². The number of aliphatic hydroxyl groups is 1. The maximum Gasteiger partial charge on any atom is 0.428 e. The standard InChI is InChI=1S/C14H11ClF3IN2O4/c1-2-25-12(23)13(24,14(16,17)18)5-9(22)8-6-20-11-10(19)7(15)3-4-21(8)11/h3-4,6,24H,2,5H2,1H3. The first-order chi connectivity index (χ1) is 11.5. The van der Waals surface area contributed by atoms with Gasteiger partial charge in [0.15, 0.2) is 11.4 Å². The van der Waals surface area contributed by atoms with E-state index in [1.54, 1.807) is 0 Å². The lowest BCUT2D eigenvalue weighted by Crippen LogP contribution is -2.54. The minimum atomic E-state index is -5.38. The number of carbonyl (C=O) groups excluding carboxylic acids is 2. The summed E-state index contributed by atoms with van der Waals surface area (Å²) in [5.74, 6) is -3.05. The molecule has 0 amide bonds. The number of ketones is 1. The Balaban J connectivity index is 2.43. The number of rotatable bonds is 5. The van der Waals surface area contributed by atoms with Crippen LogP contribution in [0.15, 0.2) is 18.5 Å². The van der Waals surface area contributed by atoms with E-state index in [2.05, 4.69) is 9.72 Å². The average Bonchev–Trinajstić information content (AvgIpc) is 2.94. The van der Waals surface area contributed by atoms with Crippen LogP contribution >= 0.6 is 34.2 Å². The molecule has 2 rings (SSSR count). The normalized spacial score (nSPS) is 14.4. The van der Waals surface area contributed by atoms with Crippen LogP contribution in [0.4, 0.5) is 13.2 Å². The summed E-state index contributed by atoms with van der Waals surface area (Å²) in [5.41, 5.74) is -3.90. The number of nitrogens with zero attached hydrogens (tertiary/aromatic N) is 2. The molecule has 1 unspecified atom stereocenters.